The summed E-state index contributed by atoms with van der Waals surface area (Å²) in [6.45, 7) is 2.58. The molecule has 0 aromatic carbocycles. The van der Waals surface area contributed by atoms with E-state index in [2.05, 4.69) is 25.3 Å². The van der Waals surface area contributed by atoms with Crippen molar-refractivity contribution in [2.24, 2.45) is 0 Å². The zero-order chi connectivity index (χ0) is 10.1. The Hall–Kier alpha value is -1.56. The molecule has 2 heterocycles. The van der Waals surface area contributed by atoms with Crippen LogP contribution in [0, 0.1) is 0 Å². The van der Waals surface area contributed by atoms with Crippen LogP contribution in [0.25, 0.3) is 11.2 Å². The smallest absolute Gasteiger partial charge is 0.278 e. The number of hydrogen-bond donors (Lipinski definition) is 3. The molecule has 0 spiro atoms. The third-order valence-electron chi connectivity index (χ3n) is 1.68. The topological polar surface area (TPSA) is 86.5 Å². The van der Waals surface area contributed by atoms with Gasteiger partial charge in [0.1, 0.15) is 0 Å². The minimum absolute atomic E-state index is 0.159. The molecule has 0 unspecified atom stereocenters. The number of halogens is 1. The average Bonchev–Trinajstić information content (AvgIpc) is 2.47. The van der Waals surface area contributed by atoms with E-state index in [-0.39, 0.29) is 16.4 Å². The third kappa shape index (κ3) is 1.44. The minimum Gasteiger partial charge on any atom is -0.356 e. The van der Waals surface area contributed by atoms with Crippen LogP contribution in [0.1, 0.15) is 6.92 Å². The number of hydrogen-bond acceptors (Lipinski definition) is 4. The first-order valence-corrected chi connectivity index (χ1v) is 4.48. The lowest BCUT2D eigenvalue weighted by molar-refractivity contribution is 1.08. The molecule has 0 fully saturated rings. The first-order valence-electron chi connectivity index (χ1n) is 4.10. The number of anilines is 1. The summed E-state index contributed by atoms with van der Waals surface area (Å²) in [5.74, 6) is 0.396. The summed E-state index contributed by atoms with van der Waals surface area (Å²) in [6, 6.07) is 0. The Balaban J connectivity index is 2.65. The molecule has 7 heteroatoms. The second kappa shape index (κ2) is 3.30. The van der Waals surface area contributed by atoms with Crippen molar-refractivity contribution in [2.75, 3.05) is 11.9 Å². The fraction of sp³-hybridized carbons (Fsp3) is 0.286. The van der Waals surface area contributed by atoms with Gasteiger partial charge in [-0.25, -0.2) is 0 Å². The van der Waals surface area contributed by atoms with E-state index in [1.807, 2.05) is 6.92 Å². The molecule has 0 atom stereocenters. The van der Waals surface area contributed by atoms with Gasteiger partial charge in [0, 0.05) is 6.54 Å². The molecule has 14 heavy (non-hydrogen) atoms. The van der Waals surface area contributed by atoms with Gasteiger partial charge in [0.2, 0.25) is 11.2 Å². The molecular formula is C7H8ClN5O. The summed E-state index contributed by atoms with van der Waals surface area (Å²) in [7, 11) is 0. The highest BCUT2D eigenvalue weighted by Crippen LogP contribution is 2.09. The molecule has 2 aromatic rings. The molecule has 0 aliphatic heterocycles. The fourth-order valence-corrected chi connectivity index (χ4v) is 1.30. The van der Waals surface area contributed by atoms with Crippen molar-refractivity contribution in [1.29, 1.82) is 0 Å². The summed E-state index contributed by atoms with van der Waals surface area (Å²) in [4.78, 5) is 24.5. The maximum Gasteiger partial charge on any atom is 0.278 e. The van der Waals surface area contributed by atoms with E-state index in [1.54, 1.807) is 0 Å². The van der Waals surface area contributed by atoms with Gasteiger partial charge in [-0.3, -0.25) is 9.78 Å². The lowest BCUT2D eigenvalue weighted by Crippen LogP contribution is -2.12. The van der Waals surface area contributed by atoms with Gasteiger partial charge in [0.05, 0.1) is 0 Å². The predicted octanol–water partition coefficient (Wildman–Crippen LogP) is 0.731. The van der Waals surface area contributed by atoms with Crippen molar-refractivity contribution in [1.82, 2.24) is 19.9 Å². The van der Waals surface area contributed by atoms with Crippen molar-refractivity contribution in [3.8, 4) is 0 Å². The summed E-state index contributed by atoms with van der Waals surface area (Å²) in [5.41, 5.74) is 0.316. The highest BCUT2D eigenvalue weighted by atomic mass is 35.5. The number of fused-ring (bicyclic) bond motifs is 1. The quantitative estimate of drug-likeness (QED) is 0.642. The number of aromatic nitrogens is 4. The molecule has 0 aliphatic rings. The maximum atomic E-state index is 11.4. The predicted molar refractivity (Wildman–Crippen MR) is 53.7 cm³/mol. The van der Waals surface area contributed by atoms with E-state index in [0.717, 1.165) is 0 Å². The molecule has 0 bridgehead atoms. The van der Waals surface area contributed by atoms with Crippen molar-refractivity contribution in [3.63, 3.8) is 0 Å². The van der Waals surface area contributed by atoms with Gasteiger partial charge < -0.3 is 10.3 Å². The van der Waals surface area contributed by atoms with Gasteiger partial charge in [-0.2, -0.15) is 9.97 Å². The molecule has 0 amide bonds. The number of nitrogens with one attached hydrogen (secondary N) is 3. The van der Waals surface area contributed by atoms with Crippen LogP contribution in [0.2, 0.25) is 5.28 Å². The Morgan fingerprint density at radius 3 is 2.93 bits per heavy atom. The van der Waals surface area contributed by atoms with E-state index >= 15 is 0 Å². The number of H-pyrrole nitrogens is 2. The monoisotopic (exact) mass is 213 g/mol. The van der Waals surface area contributed by atoms with Crippen LogP contribution >= 0.6 is 11.6 Å². The van der Waals surface area contributed by atoms with Crippen molar-refractivity contribution in [3.05, 3.63) is 15.6 Å². The van der Waals surface area contributed by atoms with E-state index in [4.69, 9.17) is 11.6 Å². The Morgan fingerprint density at radius 1 is 1.43 bits per heavy atom. The summed E-state index contributed by atoms with van der Waals surface area (Å²) < 4.78 is 0. The number of imidazole rings is 1. The Bertz CT molecular complexity index is 516. The second-order valence-electron chi connectivity index (χ2n) is 2.67. The SMILES string of the molecule is CCNc1nc2nc(Cl)[nH]c2c(=O)[nH]1. The van der Waals surface area contributed by atoms with Gasteiger partial charge in [0.25, 0.3) is 5.56 Å². The van der Waals surface area contributed by atoms with Crippen LogP contribution in [0.15, 0.2) is 4.79 Å². The lowest BCUT2D eigenvalue weighted by Gasteiger charge is -1.99. The molecule has 74 valence electrons. The third-order valence-corrected chi connectivity index (χ3v) is 1.86. The molecule has 2 aromatic heterocycles. The summed E-state index contributed by atoms with van der Waals surface area (Å²) in [6.07, 6.45) is 0. The number of aromatic amines is 2. The Kier molecular flexibility index (Phi) is 2.12. The second-order valence-corrected chi connectivity index (χ2v) is 3.03. The van der Waals surface area contributed by atoms with Gasteiger partial charge in [0.15, 0.2) is 11.2 Å². The Labute approximate surface area is 83.7 Å². The normalized spacial score (nSPS) is 10.7. The molecule has 2 rings (SSSR count). The first-order chi connectivity index (χ1) is 6.70. The number of rotatable bonds is 2. The highest BCUT2D eigenvalue weighted by molar-refractivity contribution is 6.28. The highest BCUT2D eigenvalue weighted by Gasteiger charge is 2.07. The van der Waals surface area contributed by atoms with Gasteiger partial charge in [-0.15, -0.1) is 0 Å². The van der Waals surface area contributed by atoms with Crippen LogP contribution in [-0.2, 0) is 0 Å². The Morgan fingerprint density at radius 2 is 2.21 bits per heavy atom. The van der Waals surface area contributed by atoms with E-state index in [9.17, 15) is 4.79 Å². The summed E-state index contributed by atoms with van der Waals surface area (Å²) >= 11 is 5.60. The standard InChI is InChI=1S/C7H8ClN5O/c1-2-9-7-12-4-3(5(14)13-7)10-6(8)11-4/h2H2,1H3,(H3,9,10,11,12,13,14). The maximum absolute atomic E-state index is 11.4. The van der Waals surface area contributed by atoms with E-state index in [0.29, 0.717) is 18.1 Å². The number of nitrogens with zero attached hydrogens (tertiary/aromatic N) is 2. The minimum atomic E-state index is -0.287. The zero-order valence-corrected chi connectivity index (χ0v) is 8.14. The van der Waals surface area contributed by atoms with Crippen molar-refractivity contribution >= 4 is 28.7 Å². The van der Waals surface area contributed by atoms with Gasteiger partial charge in [-0.05, 0) is 18.5 Å². The molecule has 6 nitrogen and oxygen atoms in total. The zero-order valence-electron chi connectivity index (χ0n) is 7.39. The average molecular weight is 214 g/mol. The van der Waals surface area contributed by atoms with Crippen LogP contribution in [0.3, 0.4) is 0 Å². The first kappa shape index (κ1) is 9.01. The van der Waals surface area contributed by atoms with Crippen LogP contribution in [-0.4, -0.2) is 26.5 Å². The lowest BCUT2D eigenvalue weighted by atomic mass is 10.5. The molecule has 3 N–H and O–H groups in total. The largest absolute Gasteiger partial charge is 0.356 e. The van der Waals surface area contributed by atoms with Crippen LogP contribution in [0.5, 0.6) is 0 Å². The van der Waals surface area contributed by atoms with Crippen molar-refractivity contribution in [2.45, 2.75) is 6.92 Å². The molecule has 0 aliphatic carbocycles. The van der Waals surface area contributed by atoms with E-state index in [1.165, 1.54) is 0 Å². The molecule has 0 saturated carbocycles. The van der Waals surface area contributed by atoms with Gasteiger partial charge in [-0.1, -0.05) is 0 Å². The fourth-order valence-electron chi connectivity index (χ4n) is 1.13. The summed E-state index contributed by atoms with van der Waals surface area (Å²) in [5, 5.41) is 3.05. The van der Waals surface area contributed by atoms with Crippen LogP contribution in [0.4, 0.5) is 5.95 Å². The molecule has 0 saturated heterocycles. The van der Waals surface area contributed by atoms with Crippen molar-refractivity contribution < 1.29 is 0 Å². The van der Waals surface area contributed by atoms with Crippen LogP contribution < -0.4 is 10.9 Å². The van der Waals surface area contributed by atoms with E-state index < -0.39 is 0 Å². The molecule has 0 radical (unpaired) electrons. The molecular weight excluding hydrogens is 206 g/mol. The van der Waals surface area contributed by atoms with Gasteiger partial charge >= 0.3 is 0 Å².